The van der Waals surface area contributed by atoms with Crippen LogP contribution in [0.15, 0.2) is 21.7 Å². The first-order valence-electron chi connectivity index (χ1n) is 9.41. The molecule has 1 aliphatic carbocycles. The summed E-state index contributed by atoms with van der Waals surface area (Å²) in [7, 11) is -3.37. The number of carbonyl (C=O) groups is 1. The summed E-state index contributed by atoms with van der Waals surface area (Å²) in [6, 6.07) is 0. The Morgan fingerprint density at radius 3 is 2.35 bits per heavy atom. The zero-order valence-electron chi connectivity index (χ0n) is 16.8. The highest BCUT2D eigenvalue weighted by Crippen LogP contribution is 2.50. The molecular formula is C18H33N2O5P. The fourth-order valence-corrected chi connectivity index (χ4v) is 4.70. The van der Waals surface area contributed by atoms with E-state index in [4.69, 9.17) is 13.8 Å². The average Bonchev–Trinajstić information content (AvgIpc) is 2.53. The van der Waals surface area contributed by atoms with Gasteiger partial charge in [0.1, 0.15) is 6.10 Å². The lowest BCUT2D eigenvalue weighted by molar-refractivity contribution is 0.00997. The molecule has 0 N–H and O–H groups in total. The van der Waals surface area contributed by atoms with Gasteiger partial charge in [-0.3, -0.25) is 4.57 Å². The number of amides is 1. The molecule has 0 radical (unpaired) electrons. The summed E-state index contributed by atoms with van der Waals surface area (Å²) < 4.78 is 28.3. The van der Waals surface area contributed by atoms with Crippen molar-refractivity contribution in [3.05, 3.63) is 11.5 Å². The third kappa shape index (κ3) is 7.68. The van der Waals surface area contributed by atoms with Gasteiger partial charge in [0, 0.05) is 0 Å². The van der Waals surface area contributed by atoms with E-state index in [0.29, 0.717) is 17.8 Å². The van der Waals surface area contributed by atoms with Crippen molar-refractivity contribution in [2.45, 2.75) is 66.9 Å². The third-order valence-corrected chi connectivity index (χ3v) is 6.39. The van der Waals surface area contributed by atoms with E-state index in [1.165, 1.54) is 5.82 Å². The first-order chi connectivity index (χ1) is 12.2. The lowest BCUT2D eigenvalue weighted by atomic mass is 9.75. The second kappa shape index (κ2) is 11.0. The molecule has 7 nitrogen and oxygen atoms in total. The largest absolute Gasteiger partial charge is 0.452 e. The van der Waals surface area contributed by atoms with Crippen LogP contribution in [0.2, 0.25) is 0 Å². The number of azo groups is 1. The van der Waals surface area contributed by atoms with Gasteiger partial charge in [0.05, 0.1) is 24.7 Å². The van der Waals surface area contributed by atoms with Crippen LogP contribution >= 0.6 is 7.60 Å². The minimum Gasteiger partial charge on any atom is -0.443 e. The second-order valence-corrected chi connectivity index (χ2v) is 8.95. The molecule has 150 valence electrons. The highest BCUT2D eigenvalue weighted by Gasteiger charge is 2.33. The summed E-state index contributed by atoms with van der Waals surface area (Å²) in [5.41, 5.74) is 0.282. The minimum atomic E-state index is -3.37. The predicted molar refractivity (Wildman–Crippen MR) is 101 cm³/mol. The zero-order chi connectivity index (χ0) is 19.7. The van der Waals surface area contributed by atoms with Crippen LogP contribution in [0.3, 0.4) is 0 Å². The number of nitrogens with zero attached hydrogens (tertiary/aromatic N) is 2. The summed E-state index contributed by atoms with van der Waals surface area (Å²) in [5, 5.41) is 7.41. The Kier molecular flexibility index (Phi) is 9.69. The molecule has 8 heteroatoms. The van der Waals surface area contributed by atoms with Crippen LogP contribution < -0.4 is 0 Å². The Labute approximate surface area is 157 Å². The molecule has 0 aliphatic heterocycles. The standard InChI is InChI=1S/C18H33N2O5P/c1-7-23-26(22,24-8-2)12-15(6)19-20-18(21)25-17-11-14(5)9-10-16(17)13(3)4/h12-14,16-17H,7-11H2,1-6H3/b15-12+,20-19?/t14-,16+,17-/m1/s1. The lowest BCUT2D eigenvalue weighted by Crippen LogP contribution is -2.35. The minimum absolute atomic E-state index is 0.132. The average molecular weight is 388 g/mol. The summed E-state index contributed by atoms with van der Waals surface area (Å²) in [5.74, 6) is 2.60. The maximum Gasteiger partial charge on any atom is 0.452 e. The number of allylic oxidation sites excluding steroid dienone is 1. The number of carbonyl (C=O) groups excluding carboxylic acids is 1. The van der Waals surface area contributed by atoms with E-state index >= 15 is 0 Å². The summed E-state index contributed by atoms with van der Waals surface area (Å²) >= 11 is 0. The van der Waals surface area contributed by atoms with E-state index in [0.717, 1.165) is 19.3 Å². The van der Waals surface area contributed by atoms with Crippen LogP contribution in [0, 0.1) is 17.8 Å². The van der Waals surface area contributed by atoms with Crippen molar-refractivity contribution < 1.29 is 23.1 Å². The van der Waals surface area contributed by atoms with Crippen molar-refractivity contribution >= 4 is 13.7 Å². The Balaban J connectivity index is 2.72. The van der Waals surface area contributed by atoms with Crippen molar-refractivity contribution in [2.24, 2.45) is 28.0 Å². The maximum atomic E-state index is 12.4. The molecule has 0 unspecified atom stereocenters. The quantitative estimate of drug-likeness (QED) is 0.367. The van der Waals surface area contributed by atoms with Crippen LogP contribution in [0.25, 0.3) is 0 Å². The van der Waals surface area contributed by atoms with Crippen molar-refractivity contribution in [3.63, 3.8) is 0 Å². The molecule has 1 aliphatic rings. The van der Waals surface area contributed by atoms with Crippen molar-refractivity contribution in [1.29, 1.82) is 0 Å². The summed E-state index contributed by atoms with van der Waals surface area (Å²) in [6.45, 7) is 12.0. The summed E-state index contributed by atoms with van der Waals surface area (Å²) in [4.78, 5) is 12.1. The Bertz CT molecular complexity index is 552. The van der Waals surface area contributed by atoms with Crippen LogP contribution in [0.1, 0.15) is 60.8 Å². The molecule has 0 aromatic carbocycles. The van der Waals surface area contributed by atoms with Gasteiger partial charge in [-0.05, 0) is 51.4 Å². The molecule has 0 spiro atoms. The molecule has 0 saturated heterocycles. The molecule has 1 rings (SSSR count). The van der Waals surface area contributed by atoms with E-state index in [2.05, 4.69) is 31.0 Å². The van der Waals surface area contributed by atoms with Crippen LogP contribution in [0.4, 0.5) is 4.79 Å². The van der Waals surface area contributed by atoms with Crippen LogP contribution in [0.5, 0.6) is 0 Å². The molecular weight excluding hydrogens is 355 g/mol. The third-order valence-electron chi connectivity index (χ3n) is 4.47. The maximum absolute atomic E-state index is 12.4. The monoisotopic (exact) mass is 388 g/mol. The zero-order valence-corrected chi connectivity index (χ0v) is 17.7. The van der Waals surface area contributed by atoms with Gasteiger partial charge in [-0.15, -0.1) is 5.11 Å². The fraction of sp³-hybridized carbons (Fsp3) is 0.833. The van der Waals surface area contributed by atoms with Crippen molar-refractivity contribution in [1.82, 2.24) is 0 Å². The fourth-order valence-electron chi connectivity index (χ4n) is 3.25. The van der Waals surface area contributed by atoms with Gasteiger partial charge in [-0.2, -0.15) is 0 Å². The number of hydrogen-bond acceptors (Lipinski definition) is 6. The van der Waals surface area contributed by atoms with Gasteiger partial charge in [0.2, 0.25) is 0 Å². The van der Waals surface area contributed by atoms with E-state index in [-0.39, 0.29) is 25.0 Å². The molecule has 0 heterocycles. The molecule has 1 fully saturated rings. The van der Waals surface area contributed by atoms with Gasteiger partial charge in [-0.1, -0.05) is 32.3 Å². The Morgan fingerprint density at radius 2 is 1.81 bits per heavy atom. The Morgan fingerprint density at radius 1 is 1.19 bits per heavy atom. The lowest BCUT2D eigenvalue weighted by Gasteiger charge is -2.36. The normalized spacial score (nSPS) is 25.0. The van der Waals surface area contributed by atoms with Gasteiger partial charge in [0.15, 0.2) is 0 Å². The molecule has 1 saturated carbocycles. The Hall–Kier alpha value is -1.04. The van der Waals surface area contributed by atoms with E-state index in [9.17, 15) is 9.36 Å². The van der Waals surface area contributed by atoms with E-state index in [1.807, 2.05) is 0 Å². The number of ether oxygens (including phenoxy) is 1. The van der Waals surface area contributed by atoms with Gasteiger partial charge in [0.25, 0.3) is 0 Å². The van der Waals surface area contributed by atoms with Crippen LogP contribution in [-0.4, -0.2) is 25.4 Å². The topological polar surface area (TPSA) is 86.6 Å². The number of rotatable bonds is 8. The first-order valence-corrected chi connectivity index (χ1v) is 11.0. The summed E-state index contributed by atoms with van der Waals surface area (Å²) in [6.07, 6.45) is 2.21. The SMILES string of the molecule is CCOP(=O)(/C=C(\C)N=NC(=O)O[C@@H]1C[C@H](C)CC[C@H]1C(C)C)OCC. The van der Waals surface area contributed by atoms with Gasteiger partial charge < -0.3 is 13.8 Å². The van der Waals surface area contributed by atoms with Crippen molar-refractivity contribution in [2.75, 3.05) is 13.2 Å². The molecule has 3 atom stereocenters. The first kappa shape index (κ1) is 23.0. The highest BCUT2D eigenvalue weighted by molar-refractivity contribution is 7.57. The smallest absolute Gasteiger partial charge is 0.443 e. The highest BCUT2D eigenvalue weighted by atomic mass is 31.2. The van der Waals surface area contributed by atoms with Crippen molar-refractivity contribution in [3.8, 4) is 0 Å². The molecule has 0 bridgehead atoms. The molecule has 0 aromatic rings. The van der Waals surface area contributed by atoms with Crippen LogP contribution in [-0.2, 0) is 18.3 Å². The number of hydrogen-bond donors (Lipinski definition) is 0. The molecule has 1 amide bonds. The van der Waals surface area contributed by atoms with E-state index < -0.39 is 13.7 Å². The van der Waals surface area contributed by atoms with Gasteiger partial charge >= 0.3 is 13.7 Å². The molecule has 26 heavy (non-hydrogen) atoms. The second-order valence-electron chi connectivity index (χ2n) is 7.09. The van der Waals surface area contributed by atoms with Gasteiger partial charge in [-0.25, -0.2) is 4.79 Å². The molecule has 0 aromatic heterocycles. The van der Waals surface area contributed by atoms with E-state index in [1.54, 1.807) is 20.8 Å². The predicted octanol–water partition coefficient (Wildman–Crippen LogP) is 6.16.